The Hall–Kier alpha value is -1.40. The standard InChI is InChI=1S/C19H36N4O2/c1-17-16-18(24)23(15-11-7-3-5-9-13-21)19(25)22(17)14-10-6-2-4-8-12-20/h16H,2-15,20-21H2,1H3. The number of nitrogens with two attached hydrogens (primary N) is 2. The van der Waals surface area contributed by atoms with Crippen molar-refractivity contribution in [1.82, 2.24) is 9.13 Å². The highest BCUT2D eigenvalue weighted by Crippen LogP contribution is 2.05. The fraction of sp³-hybridized carbons (Fsp3) is 0.789. The minimum absolute atomic E-state index is 0.158. The Morgan fingerprint density at radius 1 is 0.720 bits per heavy atom. The summed E-state index contributed by atoms with van der Waals surface area (Å²) in [7, 11) is 0. The summed E-state index contributed by atoms with van der Waals surface area (Å²) in [4.78, 5) is 24.8. The molecule has 0 amide bonds. The molecule has 1 aromatic heterocycles. The molecule has 0 aliphatic rings. The minimum Gasteiger partial charge on any atom is -0.330 e. The molecule has 1 heterocycles. The maximum Gasteiger partial charge on any atom is 0.331 e. The van der Waals surface area contributed by atoms with Crippen molar-refractivity contribution in [3.05, 3.63) is 32.6 Å². The number of aromatic nitrogens is 2. The fourth-order valence-corrected chi connectivity index (χ4v) is 3.09. The highest BCUT2D eigenvalue weighted by Gasteiger charge is 2.08. The predicted molar refractivity (Wildman–Crippen MR) is 104 cm³/mol. The van der Waals surface area contributed by atoms with E-state index in [4.69, 9.17) is 11.5 Å². The molecule has 6 nitrogen and oxygen atoms in total. The van der Waals surface area contributed by atoms with Gasteiger partial charge >= 0.3 is 5.69 Å². The maximum atomic E-state index is 12.6. The van der Waals surface area contributed by atoms with Crippen LogP contribution in [0.25, 0.3) is 0 Å². The Balaban J connectivity index is 2.55. The van der Waals surface area contributed by atoms with Gasteiger partial charge in [0.15, 0.2) is 0 Å². The zero-order valence-electron chi connectivity index (χ0n) is 15.8. The van der Waals surface area contributed by atoms with E-state index in [0.717, 1.165) is 83.0 Å². The Kier molecular flexibility index (Phi) is 11.2. The van der Waals surface area contributed by atoms with Crippen LogP contribution in [0.4, 0.5) is 0 Å². The minimum atomic E-state index is -0.177. The van der Waals surface area contributed by atoms with Crippen LogP contribution >= 0.6 is 0 Å². The molecule has 144 valence electrons. The second kappa shape index (κ2) is 12.9. The van der Waals surface area contributed by atoms with Gasteiger partial charge in [0.05, 0.1) is 0 Å². The summed E-state index contributed by atoms with van der Waals surface area (Å²) >= 11 is 0. The lowest BCUT2D eigenvalue weighted by Crippen LogP contribution is -2.40. The van der Waals surface area contributed by atoms with Crippen molar-refractivity contribution in [2.24, 2.45) is 11.5 Å². The second-order valence-electron chi connectivity index (χ2n) is 6.82. The Morgan fingerprint density at radius 2 is 1.16 bits per heavy atom. The summed E-state index contributed by atoms with van der Waals surface area (Å²) in [5.41, 5.74) is 11.4. The molecule has 1 aromatic rings. The number of aryl methyl sites for hydroxylation is 1. The van der Waals surface area contributed by atoms with Crippen LogP contribution in [-0.2, 0) is 13.1 Å². The molecule has 0 spiro atoms. The molecule has 0 aliphatic carbocycles. The second-order valence-corrected chi connectivity index (χ2v) is 6.82. The van der Waals surface area contributed by atoms with Gasteiger partial charge in [-0.25, -0.2) is 4.79 Å². The quantitative estimate of drug-likeness (QED) is 0.501. The van der Waals surface area contributed by atoms with Gasteiger partial charge in [-0.15, -0.1) is 0 Å². The number of hydrogen-bond acceptors (Lipinski definition) is 4. The van der Waals surface area contributed by atoms with Gasteiger partial charge in [-0.3, -0.25) is 13.9 Å². The van der Waals surface area contributed by atoms with E-state index in [1.807, 2.05) is 6.92 Å². The first kappa shape index (κ1) is 21.6. The van der Waals surface area contributed by atoms with E-state index in [1.165, 1.54) is 4.57 Å². The molecule has 0 radical (unpaired) electrons. The third-order valence-electron chi connectivity index (χ3n) is 4.66. The van der Waals surface area contributed by atoms with E-state index in [9.17, 15) is 9.59 Å². The summed E-state index contributed by atoms with van der Waals surface area (Å²) in [6, 6.07) is 1.59. The van der Waals surface area contributed by atoms with E-state index in [-0.39, 0.29) is 11.2 Å². The van der Waals surface area contributed by atoms with Gasteiger partial charge < -0.3 is 11.5 Å². The molecule has 6 heteroatoms. The fourth-order valence-electron chi connectivity index (χ4n) is 3.09. The van der Waals surface area contributed by atoms with Crippen molar-refractivity contribution >= 4 is 0 Å². The van der Waals surface area contributed by atoms with Crippen LogP contribution in [0.1, 0.15) is 69.9 Å². The maximum absolute atomic E-state index is 12.6. The first-order chi connectivity index (χ1) is 12.1. The zero-order chi connectivity index (χ0) is 18.5. The van der Waals surface area contributed by atoms with Gasteiger partial charge in [-0.2, -0.15) is 0 Å². The highest BCUT2D eigenvalue weighted by molar-refractivity contribution is 5.00. The average molecular weight is 353 g/mol. The molecule has 0 aromatic carbocycles. The third-order valence-corrected chi connectivity index (χ3v) is 4.66. The van der Waals surface area contributed by atoms with Gasteiger partial charge in [-0.1, -0.05) is 38.5 Å². The van der Waals surface area contributed by atoms with E-state index >= 15 is 0 Å². The molecule has 1 rings (SSSR count). The lowest BCUT2D eigenvalue weighted by molar-refractivity contribution is 0.484. The van der Waals surface area contributed by atoms with Crippen molar-refractivity contribution in [1.29, 1.82) is 0 Å². The topological polar surface area (TPSA) is 96.0 Å². The van der Waals surface area contributed by atoms with Crippen LogP contribution in [-0.4, -0.2) is 22.2 Å². The molecular weight excluding hydrogens is 316 g/mol. The zero-order valence-corrected chi connectivity index (χ0v) is 15.8. The van der Waals surface area contributed by atoms with Gasteiger partial charge in [0.25, 0.3) is 5.56 Å². The lowest BCUT2D eigenvalue weighted by Gasteiger charge is -2.13. The predicted octanol–water partition coefficient (Wildman–Crippen LogP) is 2.14. The molecule has 4 N–H and O–H groups in total. The third kappa shape index (κ3) is 8.01. The molecular formula is C19H36N4O2. The smallest absolute Gasteiger partial charge is 0.330 e. The molecule has 0 unspecified atom stereocenters. The Morgan fingerprint density at radius 3 is 1.68 bits per heavy atom. The van der Waals surface area contributed by atoms with Crippen LogP contribution in [0.5, 0.6) is 0 Å². The van der Waals surface area contributed by atoms with Crippen molar-refractivity contribution in [2.45, 2.75) is 84.2 Å². The van der Waals surface area contributed by atoms with Gasteiger partial charge in [0.1, 0.15) is 0 Å². The molecule has 0 aliphatic heterocycles. The first-order valence-electron chi connectivity index (χ1n) is 9.83. The largest absolute Gasteiger partial charge is 0.331 e. The van der Waals surface area contributed by atoms with Crippen molar-refractivity contribution < 1.29 is 0 Å². The summed E-state index contributed by atoms with van der Waals surface area (Å²) in [6.07, 6.45) is 10.6. The van der Waals surface area contributed by atoms with E-state index in [2.05, 4.69) is 0 Å². The lowest BCUT2D eigenvalue weighted by atomic mass is 10.1. The Bertz CT molecular complexity index is 592. The van der Waals surface area contributed by atoms with Crippen LogP contribution in [0.3, 0.4) is 0 Å². The average Bonchev–Trinajstić information content (AvgIpc) is 2.58. The van der Waals surface area contributed by atoms with Gasteiger partial charge in [0.2, 0.25) is 0 Å². The van der Waals surface area contributed by atoms with Crippen molar-refractivity contribution in [3.8, 4) is 0 Å². The molecule has 0 atom stereocenters. The summed E-state index contributed by atoms with van der Waals surface area (Å²) in [5, 5.41) is 0. The monoisotopic (exact) mass is 352 g/mol. The Labute approximate surface area is 151 Å². The van der Waals surface area contributed by atoms with Crippen LogP contribution in [0, 0.1) is 6.92 Å². The van der Waals surface area contributed by atoms with Crippen LogP contribution in [0.2, 0.25) is 0 Å². The SMILES string of the molecule is Cc1cc(=O)n(CCCCCCCN)c(=O)n1CCCCCCCN. The van der Waals surface area contributed by atoms with E-state index < -0.39 is 0 Å². The number of hydrogen-bond donors (Lipinski definition) is 2. The van der Waals surface area contributed by atoms with Gasteiger partial charge in [-0.05, 0) is 45.7 Å². The van der Waals surface area contributed by atoms with Crippen LogP contribution < -0.4 is 22.7 Å². The van der Waals surface area contributed by atoms with E-state index in [1.54, 1.807) is 10.6 Å². The first-order valence-corrected chi connectivity index (χ1v) is 9.83. The van der Waals surface area contributed by atoms with Crippen molar-refractivity contribution in [2.75, 3.05) is 13.1 Å². The van der Waals surface area contributed by atoms with Gasteiger partial charge in [0, 0.05) is 24.8 Å². The summed E-state index contributed by atoms with van der Waals surface area (Å²) < 4.78 is 3.14. The molecule has 0 saturated carbocycles. The number of nitrogens with zero attached hydrogens (tertiary/aromatic N) is 2. The normalized spacial score (nSPS) is 11.2. The summed E-state index contributed by atoms with van der Waals surface area (Å²) in [5.74, 6) is 0. The van der Waals surface area contributed by atoms with E-state index in [0.29, 0.717) is 13.1 Å². The van der Waals surface area contributed by atoms with Crippen molar-refractivity contribution in [3.63, 3.8) is 0 Å². The molecule has 25 heavy (non-hydrogen) atoms. The molecule has 0 fully saturated rings. The number of unbranched alkanes of at least 4 members (excludes halogenated alkanes) is 8. The highest BCUT2D eigenvalue weighted by atomic mass is 16.2. The van der Waals surface area contributed by atoms with Crippen LogP contribution in [0.15, 0.2) is 15.7 Å². The number of rotatable bonds is 14. The summed E-state index contributed by atoms with van der Waals surface area (Å²) in [6.45, 7) is 4.51. The molecule has 0 bridgehead atoms. The molecule has 0 saturated heterocycles.